The second-order valence-electron chi connectivity index (χ2n) is 6.96. The van der Waals surface area contributed by atoms with Gasteiger partial charge in [-0.15, -0.1) is 0 Å². The molecule has 1 saturated heterocycles. The van der Waals surface area contributed by atoms with E-state index in [0.29, 0.717) is 13.1 Å². The highest BCUT2D eigenvalue weighted by Crippen LogP contribution is 2.28. The van der Waals surface area contributed by atoms with Crippen LogP contribution >= 0.6 is 0 Å². The summed E-state index contributed by atoms with van der Waals surface area (Å²) < 4.78 is 19.1. The second kappa shape index (κ2) is 7.98. The van der Waals surface area contributed by atoms with E-state index in [0.717, 1.165) is 11.1 Å². The van der Waals surface area contributed by atoms with Crippen molar-refractivity contribution in [2.24, 2.45) is 11.7 Å². The van der Waals surface area contributed by atoms with Crippen LogP contribution in [-0.4, -0.2) is 30.0 Å². The van der Waals surface area contributed by atoms with Crippen molar-refractivity contribution < 1.29 is 13.9 Å². The highest BCUT2D eigenvalue weighted by atomic mass is 19.1. The van der Waals surface area contributed by atoms with Crippen molar-refractivity contribution in [1.82, 2.24) is 4.90 Å². The summed E-state index contributed by atoms with van der Waals surface area (Å²) in [5, 5.41) is 0. The molecule has 0 aromatic heterocycles. The number of morpholine rings is 1. The first-order valence-corrected chi connectivity index (χ1v) is 8.96. The highest BCUT2D eigenvalue weighted by molar-refractivity contribution is 5.79. The number of hydrogen-bond acceptors (Lipinski definition) is 3. The number of amides is 1. The van der Waals surface area contributed by atoms with E-state index >= 15 is 0 Å². The molecular weight excluding hydrogens is 331 g/mol. The second-order valence-corrected chi connectivity index (χ2v) is 6.96. The Morgan fingerprint density at radius 3 is 2.46 bits per heavy atom. The van der Waals surface area contributed by atoms with Gasteiger partial charge in [0.15, 0.2) is 0 Å². The minimum absolute atomic E-state index is 0.0172. The van der Waals surface area contributed by atoms with E-state index < -0.39 is 0 Å². The van der Waals surface area contributed by atoms with Gasteiger partial charge in [0, 0.05) is 12.6 Å². The van der Waals surface area contributed by atoms with Crippen molar-refractivity contribution in [1.29, 1.82) is 0 Å². The number of ether oxygens (including phenoxy) is 1. The molecule has 0 radical (unpaired) electrons. The summed E-state index contributed by atoms with van der Waals surface area (Å²) in [6, 6.07) is 15.6. The van der Waals surface area contributed by atoms with E-state index in [1.54, 1.807) is 12.1 Å². The number of halogens is 1. The Morgan fingerprint density at radius 2 is 1.81 bits per heavy atom. The lowest BCUT2D eigenvalue weighted by Gasteiger charge is -2.39. The van der Waals surface area contributed by atoms with Crippen LogP contribution in [-0.2, 0) is 9.53 Å². The molecule has 4 unspecified atom stereocenters. The summed E-state index contributed by atoms with van der Waals surface area (Å²) in [6.45, 7) is 4.79. The van der Waals surface area contributed by atoms with Gasteiger partial charge in [-0.25, -0.2) is 4.39 Å². The molecule has 2 N–H and O–H groups in total. The number of carbonyl (C=O) groups excluding carboxylic acids is 1. The summed E-state index contributed by atoms with van der Waals surface area (Å²) in [6.07, 6.45) is -0.355. The van der Waals surface area contributed by atoms with Crippen LogP contribution in [0.4, 0.5) is 4.39 Å². The van der Waals surface area contributed by atoms with Crippen LogP contribution in [0.2, 0.25) is 0 Å². The lowest BCUT2D eigenvalue weighted by atomic mass is 9.93. The van der Waals surface area contributed by atoms with E-state index in [4.69, 9.17) is 10.5 Å². The Kier molecular flexibility index (Phi) is 5.69. The highest BCUT2D eigenvalue weighted by Gasteiger charge is 2.33. The van der Waals surface area contributed by atoms with E-state index in [1.807, 2.05) is 49.1 Å². The number of hydrogen-bond donors (Lipinski definition) is 1. The van der Waals surface area contributed by atoms with Gasteiger partial charge < -0.3 is 15.4 Å². The minimum atomic E-state index is -0.355. The first-order chi connectivity index (χ1) is 12.5. The average Bonchev–Trinajstić information content (AvgIpc) is 2.67. The Labute approximate surface area is 153 Å². The maximum absolute atomic E-state index is 13.2. The van der Waals surface area contributed by atoms with E-state index in [-0.39, 0.29) is 35.9 Å². The van der Waals surface area contributed by atoms with Gasteiger partial charge in [0.05, 0.1) is 18.6 Å². The van der Waals surface area contributed by atoms with Gasteiger partial charge >= 0.3 is 0 Å². The quantitative estimate of drug-likeness (QED) is 0.913. The van der Waals surface area contributed by atoms with Crippen LogP contribution in [0.3, 0.4) is 0 Å². The molecule has 0 saturated carbocycles. The van der Waals surface area contributed by atoms with Crippen molar-refractivity contribution >= 4 is 5.91 Å². The molecule has 0 bridgehead atoms. The SMILES string of the molecule is CC1CN(C(=O)C(C)C(N)c2ccccc2)CC(c2ccc(F)cc2)O1. The predicted octanol–water partition coefficient (Wildman–Crippen LogP) is 3.45. The molecule has 4 atom stereocenters. The number of nitrogens with two attached hydrogens (primary N) is 1. The first-order valence-electron chi connectivity index (χ1n) is 8.96. The molecule has 0 aliphatic carbocycles. The molecule has 1 heterocycles. The average molecular weight is 356 g/mol. The first kappa shape index (κ1) is 18.5. The summed E-state index contributed by atoms with van der Waals surface area (Å²) in [5.41, 5.74) is 8.14. The fraction of sp³-hybridized carbons (Fsp3) is 0.381. The van der Waals surface area contributed by atoms with Crippen LogP contribution in [0.25, 0.3) is 0 Å². The zero-order valence-electron chi connectivity index (χ0n) is 15.1. The Bertz CT molecular complexity index is 735. The molecule has 3 rings (SSSR count). The van der Waals surface area contributed by atoms with Gasteiger partial charge in [0.1, 0.15) is 11.9 Å². The Hall–Kier alpha value is -2.24. The number of carbonyl (C=O) groups is 1. The maximum atomic E-state index is 13.2. The number of benzene rings is 2. The molecule has 2 aromatic carbocycles. The number of nitrogens with zero attached hydrogens (tertiary/aromatic N) is 1. The molecule has 2 aromatic rings. The van der Waals surface area contributed by atoms with Crippen LogP contribution in [0.1, 0.15) is 37.1 Å². The zero-order chi connectivity index (χ0) is 18.7. The molecule has 1 aliphatic rings. The third kappa shape index (κ3) is 4.11. The summed E-state index contributed by atoms with van der Waals surface area (Å²) in [4.78, 5) is 14.8. The number of rotatable bonds is 4. The summed E-state index contributed by atoms with van der Waals surface area (Å²) in [5.74, 6) is -0.604. The fourth-order valence-electron chi connectivity index (χ4n) is 3.40. The van der Waals surface area contributed by atoms with E-state index in [2.05, 4.69) is 0 Å². The standard InChI is InChI=1S/C21H25FN2O2/c1-14-12-24(13-19(26-14)16-8-10-18(22)11-9-16)21(25)15(2)20(23)17-6-4-3-5-7-17/h3-11,14-15,19-20H,12-13,23H2,1-2H3. The van der Waals surface area contributed by atoms with Crippen molar-refractivity contribution in [2.45, 2.75) is 32.1 Å². The molecule has 1 aliphatic heterocycles. The predicted molar refractivity (Wildman–Crippen MR) is 98.8 cm³/mol. The lowest BCUT2D eigenvalue weighted by molar-refractivity contribution is -0.149. The Balaban J connectivity index is 1.72. The molecule has 138 valence electrons. The van der Waals surface area contributed by atoms with Gasteiger partial charge in [-0.2, -0.15) is 0 Å². The molecule has 26 heavy (non-hydrogen) atoms. The van der Waals surface area contributed by atoms with Crippen LogP contribution in [0, 0.1) is 11.7 Å². The smallest absolute Gasteiger partial charge is 0.227 e. The van der Waals surface area contributed by atoms with Crippen LogP contribution in [0.5, 0.6) is 0 Å². The summed E-state index contributed by atoms with van der Waals surface area (Å²) in [7, 11) is 0. The molecule has 1 amide bonds. The third-order valence-electron chi connectivity index (χ3n) is 4.93. The lowest BCUT2D eigenvalue weighted by Crippen LogP contribution is -2.49. The fourth-order valence-corrected chi connectivity index (χ4v) is 3.40. The summed E-state index contributed by atoms with van der Waals surface area (Å²) >= 11 is 0. The minimum Gasteiger partial charge on any atom is -0.367 e. The topological polar surface area (TPSA) is 55.6 Å². The van der Waals surface area contributed by atoms with Crippen LogP contribution in [0.15, 0.2) is 54.6 Å². The molecule has 5 heteroatoms. The molecular formula is C21H25FN2O2. The zero-order valence-corrected chi connectivity index (χ0v) is 15.1. The monoisotopic (exact) mass is 356 g/mol. The molecule has 0 spiro atoms. The maximum Gasteiger partial charge on any atom is 0.227 e. The van der Waals surface area contributed by atoms with Crippen molar-refractivity contribution in [2.75, 3.05) is 13.1 Å². The van der Waals surface area contributed by atoms with Gasteiger partial charge in [-0.1, -0.05) is 49.4 Å². The van der Waals surface area contributed by atoms with E-state index in [9.17, 15) is 9.18 Å². The van der Waals surface area contributed by atoms with Crippen molar-refractivity contribution in [3.05, 3.63) is 71.5 Å². The molecule has 4 nitrogen and oxygen atoms in total. The third-order valence-corrected chi connectivity index (χ3v) is 4.93. The normalized spacial score (nSPS) is 22.7. The van der Waals surface area contributed by atoms with Gasteiger partial charge in [-0.3, -0.25) is 4.79 Å². The van der Waals surface area contributed by atoms with Crippen LogP contribution < -0.4 is 5.73 Å². The van der Waals surface area contributed by atoms with Gasteiger partial charge in [0.2, 0.25) is 5.91 Å². The van der Waals surface area contributed by atoms with Gasteiger partial charge in [-0.05, 0) is 30.2 Å². The molecule has 1 fully saturated rings. The van der Waals surface area contributed by atoms with Crippen molar-refractivity contribution in [3.63, 3.8) is 0 Å². The van der Waals surface area contributed by atoms with Gasteiger partial charge in [0.25, 0.3) is 0 Å². The van der Waals surface area contributed by atoms with E-state index in [1.165, 1.54) is 12.1 Å². The Morgan fingerprint density at radius 1 is 1.15 bits per heavy atom. The largest absolute Gasteiger partial charge is 0.367 e. The van der Waals surface area contributed by atoms with Crippen molar-refractivity contribution in [3.8, 4) is 0 Å².